The van der Waals surface area contributed by atoms with E-state index in [2.05, 4.69) is 10.3 Å². The largest absolute Gasteiger partial charge is 0.383 e. The van der Waals surface area contributed by atoms with Crippen LogP contribution in [0.3, 0.4) is 0 Å². The maximum absolute atomic E-state index is 11.8. The predicted octanol–water partition coefficient (Wildman–Crippen LogP) is 1.25. The summed E-state index contributed by atoms with van der Waals surface area (Å²) >= 11 is 0. The van der Waals surface area contributed by atoms with E-state index in [0.29, 0.717) is 5.82 Å². The van der Waals surface area contributed by atoms with Gasteiger partial charge in [-0.2, -0.15) is 0 Å². The Morgan fingerprint density at radius 2 is 2.06 bits per heavy atom. The number of nitrogens with one attached hydrogen (secondary N) is 1. The summed E-state index contributed by atoms with van der Waals surface area (Å²) in [5.74, 6) is 0.0535. The van der Waals surface area contributed by atoms with Crippen LogP contribution in [-0.2, 0) is 7.05 Å². The van der Waals surface area contributed by atoms with Crippen LogP contribution in [0.5, 0.6) is 0 Å². The number of benzene rings is 1. The Balaban J connectivity index is 2.18. The van der Waals surface area contributed by atoms with Crippen LogP contribution in [0.4, 0.5) is 11.5 Å². The Labute approximate surface area is 92.9 Å². The fourth-order valence-electron chi connectivity index (χ4n) is 1.33. The molecule has 3 N–H and O–H groups in total. The van der Waals surface area contributed by atoms with Gasteiger partial charge in [-0.15, -0.1) is 0 Å². The van der Waals surface area contributed by atoms with E-state index in [9.17, 15) is 4.79 Å². The van der Waals surface area contributed by atoms with E-state index in [1.807, 2.05) is 18.2 Å². The fraction of sp³-hybridized carbons (Fsp3) is 0.0909. The molecular weight excluding hydrogens is 204 g/mol. The van der Waals surface area contributed by atoms with Gasteiger partial charge in [-0.05, 0) is 12.1 Å². The SMILES string of the molecule is Cn1cnc(C(=O)Nc2ccccc2)c1N. The average molecular weight is 216 g/mol. The summed E-state index contributed by atoms with van der Waals surface area (Å²) in [5, 5.41) is 2.72. The highest BCUT2D eigenvalue weighted by atomic mass is 16.1. The Hall–Kier alpha value is -2.30. The van der Waals surface area contributed by atoms with Crippen LogP contribution in [0.25, 0.3) is 0 Å². The lowest BCUT2D eigenvalue weighted by Crippen LogP contribution is -2.14. The van der Waals surface area contributed by atoms with Gasteiger partial charge in [0, 0.05) is 12.7 Å². The summed E-state index contributed by atoms with van der Waals surface area (Å²) in [6.45, 7) is 0. The van der Waals surface area contributed by atoms with Crippen molar-refractivity contribution < 1.29 is 4.79 Å². The molecule has 0 bridgehead atoms. The molecule has 1 aromatic carbocycles. The van der Waals surface area contributed by atoms with Crippen molar-refractivity contribution >= 4 is 17.4 Å². The lowest BCUT2D eigenvalue weighted by molar-refractivity contribution is 0.102. The molecule has 5 heteroatoms. The molecule has 0 fully saturated rings. The van der Waals surface area contributed by atoms with Crippen molar-refractivity contribution in [1.29, 1.82) is 0 Å². The maximum Gasteiger partial charge on any atom is 0.278 e. The van der Waals surface area contributed by atoms with Crippen LogP contribution >= 0.6 is 0 Å². The zero-order valence-corrected chi connectivity index (χ0v) is 8.84. The highest BCUT2D eigenvalue weighted by molar-refractivity contribution is 6.05. The molecule has 0 aliphatic carbocycles. The molecule has 0 aliphatic rings. The highest BCUT2D eigenvalue weighted by Crippen LogP contribution is 2.11. The molecule has 0 spiro atoms. The van der Waals surface area contributed by atoms with Crippen LogP contribution in [0.2, 0.25) is 0 Å². The van der Waals surface area contributed by atoms with Crippen LogP contribution in [-0.4, -0.2) is 15.5 Å². The second-order valence-corrected chi connectivity index (χ2v) is 3.41. The number of para-hydroxylation sites is 1. The first-order valence-corrected chi connectivity index (χ1v) is 4.81. The zero-order chi connectivity index (χ0) is 11.5. The number of amides is 1. The first kappa shape index (κ1) is 10.2. The van der Waals surface area contributed by atoms with Crippen molar-refractivity contribution in [3.8, 4) is 0 Å². The van der Waals surface area contributed by atoms with Gasteiger partial charge < -0.3 is 15.6 Å². The van der Waals surface area contributed by atoms with Crippen molar-refractivity contribution in [3.05, 3.63) is 42.4 Å². The molecule has 2 rings (SSSR count). The highest BCUT2D eigenvalue weighted by Gasteiger charge is 2.14. The minimum absolute atomic E-state index is 0.242. The van der Waals surface area contributed by atoms with Gasteiger partial charge in [0.2, 0.25) is 0 Å². The molecule has 1 amide bonds. The molecule has 1 heterocycles. The van der Waals surface area contributed by atoms with E-state index in [4.69, 9.17) is 5.73 Å². The van der Waals surface area contributed by atoms with E-state index in [-0.39, 0.29) is 11.6 Å². The number of carbonyl (C=O) groups is 1. The molecule has 2 aromatic rings. The Morgan fingerprint density at radius 3 is 2.62 bits per heavy atom. The molecule has 5 nitrogen and oxygen atoms in total. The van der Waals surface area contributed by atoms with E-state index >= 15 is 0 Å². The second kappa shape index (κ2) is 4.06. The first-order valence-electron chi connectivity index (χ1n) is 4.81. The monoisotopic (exact) mass is 216 g/mol. The van der Waals surface area contributed by atoms with Crippen molar-refractivity contribution in [2.75, 3.05) is 11.1 Å². The number of aryl methyl sites for hydroxylation is 1. The molecule has 16 heavy (non-hydrogen) atoms. The van der Waals surface area contributed by atoms with Gasteiger partial charge in [0.25, 0.3) is 5.91 Å². The van der Waals surface area contributed by atoms with Crippen molar-refractivity contribution in [2.24, 2.45) is 7.05 Å². The number of anilines is 2. The summed E-state index contributed by atoms with van der Waals surface area (Å²) in [5.41, 5.74) is 6.66. The number of hydrogen-bond donors (Lipinski definition) is 2. The minimum atomic E-state index is -0.302. The van der Waals surface area contributed by atoms with Crippen LogP contribution < -0.4 is 11.1 Å². The average Bonchev–Trinajstić information content (AvgIpc) is 2.61. The number of imidazole rings is 1. The topological polar surface area (TPSA) is 72.9 Å². The quantitative estimate of drug-likeness (QED) is 0.793. The molecule has 0 radical (unpaired) electrons. The summed E-state index contributed by atoms with van der Waals surface area (Å²) in [4.78, 5) is 15.7. The zero-order valence-electron chi connectivity index (χ0n) is 8.84. The van der Waals surface area contributed by atoms with Gasteiger partial charge in [0.1, 0.15) is 5.82 Å². The Kier molecular flexibility index (Phi) is 2.59. The molecule has 1 aromatic heterocycles. The second-order valence-electron chi connectivity index (χ2n) is 3.41. The van der Waals surface area contributed by atoms with Gasteiger partial charge >= 0.3 is 0 Å². The van der Waals surface area contributed by atoms with E-state index < -0.39 is 0 Å². The van der Waals surface area contributed by atoms with Crippen LogP contribution in [0.1, 0.15) is 10.5 Å². The normalized spacial score (nSPS) is 10.1. The van der Waals surface area contributed by atoms with Gasteiger partial charge in [0.15, 0.2) is 5.69 Å². The molecule has 82 valence electrons. The smallest absolute Gasteiger partial charge is 0.278 e. The standard InChI is InChI=1S/C11H12N4O/c1-15-7-13-9(10(15)12)11(16)14-8-5-3-2-4-6-8/h2-7H,12H2,1H3,(H,14,16). The molecule has 0 aliphatic heterocycles. The van der Waals surface area contributed by atoms with E-state index in [1.54, 1.807) is 23.7 Å². The van der Waals surface area contributed by atoms with E-state index in [1.165, 1.54) is 6.33 Å². The van der Waals surface area contributed by atoms with Gasteiger partial charge in [-0.3, -0.25) is 4.79 Å². The third-order valence-corrected chi connectivity index (χ3v) is 2.23. The molecule has 0 unspecified atom stereocenters. The predicted molar refractivity (Wildman–Crippen MR) is 62.0 cm³/mol. The summed E-state index contributed by atoms with van der Waals surface area (Å²) in [6, 6.07) is 9.17. The number of nitrogen functional groups attached to an aromatic ring is 1. The van der Waals surface area contributed by atoms with Gasteiger partial charge in [-0.25, -0.2) is 4.98 Å². The number of carbonyl (C=O) groups excluding carboxylic acids is 1. The third kappa shape index (κ3) is 1.88. The number of hydrogen-bond acceptors (Lipinski definition) is 3. The third-order valence-electron chi connectivity index (χ3n) is 2.23. The lowest BCUT2D eigenvalue weighted by atomic mass is 10.3. The maximum atomic E-state index is 11.8. The van der Waals surface area contributed by atoms with E-state index in [0.717, 1.165) is 5.69 Å². The summed E-state index contributed by atoms with van der Waals surface area (Å²) < 4.78 is 1.60. The summed E-state index contributed by atoms with van der Waals surface area (Å²) in [6.07, 6.45) is 1.51. The number of nitrogens with two attached hydrogens (primary N) is 1. The van der Waals surface area contributed by atoms with Gasteiger partial charge in [-0.1, -0.05) is 18.2 Å². The molecular formula is C11H12N4O. The van der Waals surface area contributed by atoms with Gasteiger partial charge in [0.05, 0.1) is 6.33 Å². The number of aromatic nitrogens is 2. The lowest BCUT2D eigenvalue weighted by Gasteiger charge is -2.03. The van der Waals surface area contributed by atoms with Crippen molar-refractivity contribution in [2.45, 2.75) is 0 Å². The van der Waals surface area contributed by atoms with Crippen LogP contribution in [0, 0.1) is 0 Å². The molecule has 0 saturated heterocycles. The molecule has 0 atom stereocenters. The number of nitrogens with zero attached hydrogens (tertiary/aromatic N) is 2. The van der Waals surface area contributed by atoms with Crippen molar-refractivity contribution in [3.63, 3.8) is 0 Å². The van der Waals surface area contributed by atoms with Crippen molar-refractivity contribution in [1.82, 2.24) is 9.55 Å². The molecule has 0 saturated carbocycles. The first-order chi connectivity index (χ1) is 7.68. The Bertz CT molecular complexity index is 504. The Morgan fingerprint density at radius 1 is 1.38 bits per heavy atom. The number of rotatable bonds is 2. The fourth-order valence-corrected chi connectivity index (χ4v) is 1.33. The minimum Gasteiger partial charge on any atom is -0.383 e. The van der Waals surface area contributed by atoms with Crippen LogP contribution in [0.15, 0.2) is 36.7 Å². The summed E-state index contributed by atoms with van der Waals surface area (Å²) in [7, 11) is 1.74.